The standard InChI is InChI=1S/C29H23FN2O6S/c1-3-6-19-11-18(12-20-27(33)31-29(39)32(28(20)34)22-8-5-4-7-21(22)30)14-25(35-2)26(19)36-15-17-9-10-23-24(13-17)38-16-37-23/h3-5,7-14H,1,6,15-16H2,2H3,(H,31,33,39)/b20-12+. The molecule has 5 rings (SSSR count). The van der Waals surface area contributed by atoms with Crippen LogP contribution < -0.4 is 29.2 Å². The van der Waals surface area contributed by atoms with Gasteiger partial charge < -0.3 is 18.9 Å². The number of benzene rings is 3. The summed E-state index contributed by atoms with van der Waals surface area (Å²) < 4.78 is 37.0. The van der Waals surface area contributed by atoms with E-state index in [4.69, 9.17) is 31.2 Å². The number of rotatable bonds is 8. The van der Waals surface area contributed by atoms with Crippen molar-refractivity contribution in [1.82, 2.24) is 5.32 Å². The first kappa shape index (κ1) is 25.9. The topological polar surface area (TPSA) is 86.3 Å². The molecule has 8 nitrogen and oxygen atoms in total. The number of hydrogen-bond donors (Lipinski definition) is 1. The fourth-order valence-electron chi connectivity index (χ4n) is 4.25. The second-order valence-electron chi connectivity index (χ2n) is 8.59. The average Bonchev–Trinajstić information content (AvgIpc) is 3.39. The number of allylic oxidation sites excluding steroid dienone is 1. The van der Waals surface area contributed by atoms with Crippen molar-refractivity contribution < 1.29 is 32.9 Å². The SMILES string of the molecule is C=CCc1cc(/C=C2\C(=O)NC(=S)N(c3ccccc3F)C2=O)cc(OC)c1OCc1ccc2c(c1)OCO2. The Kier molecular flexibility index (Phi) is 7.29. The number of thiocarbonyl (C=S) groups is 1. The monoisotopic (exact) mass is 546 g/mol. The van der Waals surface area contributed by atoms with Gasteiger partial charge in [-0.25, -0.2) is 9.29 Å². The predicted octanol–water partition coefficient (Wildman–Crippen LogP) is 4.70. The molecule has 10 heteroatoms. The van der Waals surface area contributed by atoms with E-state index in [0.29, 0.717) is 35.0 Å². The van der Waals surface area contributed by atoms with Crippen molar-refractivity contribution >= 4 is 40.9 Å². The number of fused-ring (bicyclic) bond motifs is 1. The number of ether oxygens (including phenoxy) is 4. The molecule has 1 fully saturated rings. The molecule has 0 aliphatic carbocycles. The lowest BCUT2D eigenvalue weighted by atomic mass is 10.0. The van der Waals surface area contributed by atoms with Crippen molar-refractivity contribution in [3.05, 3.63) is 95.3 Å². The Morgan fingerprint density at radius 2 is 1.92 bits per heavy atom. The summed E-state index contributed by atoms with van der Waals surface area (Å²) in [6, 6.07) is 14.7. The van der Waals surface area contributed by atoms with Gasteiger partial charge in [-0.05, 0) is 72.2 Å². The van der Waals surface area contributed by atoms with Gasteiger partial charge in [0, 0.05) is 5.56 Å². The van der Waals surface area contributed by atoms with Crippen LogP contribution in [0.15, 0.2) is 72.8 Å². The number of hydrogen-bond acceptors (Lipinski definition) is 7. The van der Waals surface area contributed by atoms with Crippen LogP contribution >= 0.6 is 12.2 Å². The maximum atomic E-state index is 14.5. The number of nitrogens with one attached hydrogen (secondary N) is 1. The highest BCUT2D eigenvalue weighted by Gasteiger charge is 2.35. The number of carbonyl (C=O) groups is 2. The predicted molar refractivity (Wildman–Crippen MR) is 146 cm³/mol. The van der Waals surface area contributed by atoms with Gasteiger partial charge in [0.05, 0.1) is 12.8 Å². The van der Waals surface area contributed by atoms with E-state index in [9.17, 15) is 14.0 Å². The summed E-state index contributed by atoms with van der Waals surface area (Å²) in [6.45, 7) is 4.23. The maximum absolute atomic E-state index is 14.5. The molecule has 2 aliphatic heterocycles. The summed E-state index contributed by atoms with van der Waals surface area (Å²) in [5, 5.41) is 2.26. The number of amides is 2. The van der Waals surface area contributed by atoms with Crippen LogP contribution in [0.4, 0.5) is 10.1 Å². The van der Waals surface area contributed by atoms with Gasteiger partial charge in [0.25, 0.3) is 11.8 Å². The lowest BCUT2D eigenvalue weighted by Gasteiger charge is -2.29. The van der Waals surface area contributed by atoms with Crippen molar-refractivity contribution in [3.8, 4) is 23.0 Å². The molecule has 0 aromatic heterocycles. The van der Waals surface area contributed by atoms with Gasteiger partial charge in [0.1, 0.15) is 18.0 Å². The largest absolute Gasteiger partial charge is 0.493 e. The third kappa shape index (κ3) is 5.19. The van der Waals surface area contributed by atoms with Gasteiger partial charge in [-0.2, -0.15) is 0 Å². The van der Waals surface area contributed by atoms with E-state index in [1.165, 1.54) is 31.4 Å². The van der Waals surface area contributed by atoms with E-state index in [-0.39, 0.29) is 29.8 Å². The lowest BCUT2D eigenvalue weighted by Crippen LogP contribution is -2.54. The number of para-hydroxylation sites is 1. The number of nitrogens with zero attached hydrogens (tertiary/aromatic N) is 1. The Bertz CT molecular complexity index is 1540. The molecule has 1 N–H and O–H groups in total. The van der Waals surface area contributed by atoms with Gasteiger partial charge in [-0.3, -0.25) is 14.9 Å². The summed E-state index contributed by atoms with van der Waals surface area (Å²) >= 11 is 5.16. The zero-order valence-electron chi connectivity index (χ0n) is 20.9. The summed E-state index contributed by atoms with van der Waals surface area (Å²) in [6.07, 6.45) is 3.54. The minimum Gasteiger partial charge on any atom is -0.493 e. The summed E-state index contributed by atoms with van der Waals surface area (Å²) in [7, 11) is 1.49. The van der Waals surface area contributed by atoms with Gasteiger partial charge in [-0.15, -0.1) is 6.58 Å². The summed E-state index contributed by atoms with van der Waals surface area (Å²) in [4.78, 5) is 27.0. The van der Waals surface area contributed by atoms with Crippen molar-refractivity contribution in [2.75, 3.05) is 18.8 Å². The van der Waals surface area contributed by atoms with Crippen LogP contribution in [0.5, 0.6) is 23.0 Å². The first-order chi connectivity index (χ1) is 18.9. The molecule has 2 heterocycles. The minimum atomic E-state index is -0.749. The van der Waals surface area contributed by atoms with Crippen LogP contribution in [0.25, 0.3) is 6.08 Å². The van der Waals surface area contributed by atoms with Crippen LogP contribution in [0.1, 0.15) is 16.7 Å². The second-order valence-corrected chi connectivity index (χ2v) is 8.98. The van der Waals surface area contributed by atoms with Crippen molar-refractivity contribution in [3.63, 3.8) is 0 Å². The molecule has 198 valence electrons. The molecule has 2 aliphatic rings. The molecule has 0 spiro atoms. The Balaban J connectivity index is 1.47. The maximum Gasteiger partial charge on any atom is 0.270 e. The van der Waals surface area contributed by atoms with Crippen LogP contribution in [0, 0.1) is 5.82 Å². The van der Waals surface area contributed by atoms with Gasteiger partial charge in [0.15, 0.2) is 28.1 Å². The fourth-order valence-corrected chi connectivity index (χ4v) is 4.53. The number of halogens is 1. The molecule has 3 aromatic carbocycles. The van der Waals surface area contributed by atoms with Crippen LogP contribution in [0.3, 0.4) is 0 Å². The molecule has 0 unspecified atom stereocenters. The van der Waals surface area contributed by atoms with Crippen molar-refractivity contribution in [2.45, 2.75) is 13.0 Å². The Hall–Kier alpha value is -4.70. The van der Waals surface area contributed by atoms with Crippen LogP contribution in [-0.4, -0.2) is 30.8 Å². The highest BCUT2D eigenvalue weighted by molar-refractivity contribution is 7.80. The molecule has 0 atom stereocenters. The Labute approximate surface area is 229 Å². The fraction of sp³-hybridized carbons (Fsp3) is 0.138. The van der Waals surface area contributed by atoms with E-state index in [0.717, 1.165) is 16.0 Å². The smallest absolute Gasteiger partial charge is 0.270 e. The van der Waals surface area contributed by atoms with Gasteiger partial charge >= 0.3 is 0 Å². The highest BCUT2D eigenvalue weighted by Crippen LogP contribution is 2.37. The van der Waals surface area contributed by atoms with E-state index in [2.05, 4.69) is 11.9 Å². The quantitative estimate of drug-likeness (QED) is 0.190. The zero-order chi connectivity index (χ0) is 27.5. The zero-order valence-corrected chi connectivity index (χ0v) is 21.7. The first-order valence-corrected chi connectivity index (χ1v) is 12.3. The Morgan fingerprint density at radius 3 is 2.69 bits per heavy atom. The average molecular weight is 547 g/mol. The van der Waals surface area contributed by atoms with E-state index >= 15 is 0 Å². The first-order valence-electron chi connectivity index (χ1n) is 11.9. The second kappa shape index (κ2) is 11.0. The third-order valence-corrected chi connectivity index (χ3v) is 6.35. The van der Waals surface area contributed by atoms with Crippen LogP contribution in [-0.2, 0) is 22.6 Å². The molecule has 39 heavy (non-hydrogen) atoms. The lowest BCUT2D eigenvalue weighted by molar-refractivity contribution is -0.122. The van der Waals surface area contributed by atoms with Gasteiger partial charge in [0.2, 0.25) is 6.79 Å². The van der Waals surface area contributed by atoms with Crippen molar-refractivity contribution in [1.29, 1.82) is 0 Å². The highest BCUT2D eigenvalue weighted by atomic mass is 32.1. The molecular formula is C29H23FN2O6S. The van der Waals surface area contributed by atoms with E-state index in [1.807, 2.05) is 18.2 Å². The molecule has 3 aromatic rings. The van der Waals surface area contributed by atoms with Crippen molar-refractivity contribution in [2.24, 2.45) is 0 Å². The molecular weight excluding hydrogens is 523 g/mol. The molecule has 0 saturated carbocycles. The summed E-state index contributed by atoms with van der Waals surface area (Å²) in [5.41, 5.74) is 1.81. The molecule has 0 bridgehead atoms. The number of methoxy groups -OCH3 is 1. The number of anilines is 1. The number of carbonyl (C=O) groups excluding carboxylic acids is 2. The van der Waals surface area contributed by atoms with E-state index < -0.39 is 17.6 Å². The molecule has 0 radical (unpaired) electrons. The molecule has 1 saturated heterocycles. The van der Waals surface area contributed by atoms with Crippen LogP contribution in [0.2, 0.25) is 0 Å². The normalized spacial score (nSPS) is 15.4. The molecule has 2 amide bonds. The third-order valence-electron chi connectivity index (χ3n) is 6.06. The van der Waals surface area contributed by atoms with Gasteiger partial charge in [-0.1, -0.05) is 24.3 Å². The summed E-state index contributed by atoms with van der Waals surface area (Å²) in [5.74, 6) is 0.124. The Morgan fingerprint density at radius 1 is 1.13 bits per heavy atom. The van der Waals surface area contributed by atoms with E-state index in [1.54, 1.807) is 24.3 Å². The minimum absolute atomic E-state index is 0.0596.